The molecular weight excluding hydrogens is 295 g/mol. The molecule has 1 aromatic rings. The minimum absolute atomic E-state index is 0.335. The van der Waals surface area contributed by atoms with Crippen LogP contribution in [0, 0.1) is 0 Å². The molecule has 124 valence electrons. The quantitative estimate of drug-likeness (QED) is 0.720. The molecule has 3 rings (SSSR count). The van der Waals surface area contributed by atoms with Gasteiger partial charge in [-0.1, -0.05) is 0 Å². The van der Waals surface area contributed by atoms with Gasteiger partial charge in [-0.3, -0.25) is 0 Å². The molecule has 3 N–H and O–H groups in total. The molecule has 0 spiro atoms. The van der Waals surface area contributed by atoms with Gasteiger partial charge in [-0.05, 0) is 0 Å². The van der Waals surface area contributed by atoms with Crippen molar-refractivity contribution in [2.75, 3.05) is 0 Å². The molecule has 0 atom stereocenters. The molecule has 22 heavy (non-hydrogen) atoms. The Labute approximate surface area is 133 Å². The van der Waals surface area contributed by atoms with Crippen LogP contribution in [0.5, 0.6) is 0 Å². The Kier molecular flexibility index (Phi) is 4.37. The normalized spacial score (nSPS) is 25.3. The summed E-state index contributed by atoms with van der Waals surface area (Å²) in [5.74, 6) is 0. The summed E-state index contributed by atoms with van der Waals surface area (Å²) >= 11 is 0. The molecule has 2 fully saturated rings. The van der Waals surface area contributed by atoms with Crippen molar-refractivity contribution in [3.63, 3.8) is 0 Å². The number of benzene rings is 1. The summed E-state index contributed by atoms with van der Waals surface area (Å²) in [4.78, 5) is 34.1. The van der Waals surface area contributed by atoms with E-state index in [9.17, 15) is 14.7 Å². The van der Waals surface area contributed by atoms with Gasteiger partial charge in [-0.2, -0.15) is 0 Å². The summed E-state index contributed by atoms with van der Waals surface area (Å²) in [7, 11) is -4.79. The van der Waals surface area contributed by atoms with E-state index in [-0.39, 0.29) is 5.66 Å². The number of hydrogen-bond acceptors (Lipinski definition) is 3. The average Bonchev–Trinajstić information content (AvgIpc) is 2.57. The van der Waals surface area contributed by atoms with Crippen molar-refractivity contribution in [3.05, 3.63) is 35.9 Å². The molecule has 2 saturated carbocycles. The van der Waals surface area contributed by atoms with Crippen molar-refractivity contribution >= 4 is 7.28 Å². The van der Waals surface area contributed by atoms with E-state index in [1.165, 1.54) is 0 Å². The molecule has 1 aromatic carbocycles. The maximum atomic E-state index is 11.4. The van der Waals surface area contributed by atoms with Gasteiger partial charge in [0.2, 0.25) is 0 Å². The van der Waals surface area contributed by atoms with E-state index in [0.29, 0.717) is 12.8 Å². The second kappa shape index (κ2) is 5.87. The molecule has 0 aromatic heterocycles. The van der Waals surface area contributed by atoms with Crippen molar-refractivity contribution in [2.24, 2.45) is 0 Å². The van der Waals surface area contributed by atoms with E-state index in [1.54, 1.807) is 0 Å². The fraction of sp³-hybridized carbons (Fsp3) is 0.667. The van der Waals surface area contributed by atoms with Gasteiger partial charge in [0.15, 0.2) is 0 Å². The van der Waals surface area contributed by atoms with Crippen LogP contribution in [-0.4, -0.2) is 20.3 Å². The van der Waals surface area contributed by atoms with Gasteiger partial charge in [0.1, 0.15) is 0 Å². The van der Waals surface area contributed by atoms with Gasteiger partial charge in [-0.25, -0.2) is 0 Å². The van der Waals surface area contributed by atoms with E-state index in [2.05, 4.69) is 0 Å². The Bertz CT molecular complexity index is 494. The summed E-state index contributed by atoms with van der Waals surface area (Å²) in [6.07, 6.45) is 9.04. The first-order chi connectivity index (χ1) is 10.5. The first-order valence-corrected chi connectivity index (χ1v) is 10.9. The standard InChI is InChI=1S/C18H29O3P/c19-22(20,21,17-12-6-2-7-13-17)18(14-8-3-9-15-18)16-10-4-1-5-11-16/h1,4-5,10-11,17,19-21H,2-3,6-9,12-15H2. The van der Waals surface area contributed by atoms with Gasteiger partial charge >= 0.3 is 133 Å². The SMILES string of the molecule is OP(O)(O)(C1CCCCC1)C1(c2ccccc2)CCCCC1. The molecule has 0 bridgehead atoms. The third-order valence-electron chi connectivity index (χ3n) is 6.06. The Balaban J connectivity index is 2.08. The summed E-state index contributed by atoms with van der Waals surface area (Å²) in [5.41, 5.74) is 0.587. The zero-order valence-corrected chi connectivity index (χ0v) is 14.2. The van der Waals surface area contributed by atoms with Crippen molar-refractivity contribution < 1.29 is 14.7 Å². The molecule has 4 heteroatoms. The van der Waals surface area contributed by atoms with Crippen LogP contribution in [0.3, 0.4) is 0 Å². The van der Waals surface area contributed by atoms with Crippen LogP contribution in [0.15, 0.2) is 30.3 Å². The summed E-state index contributed by atoms with van der Waals surface area (Å²) < 4.78 is 0. The van der Waals surface area contributed by atoms with Crippen molar-refractivity contribution in [2.45, 2.75) is 75.0 Å². The van der Waals surface area contributed by atoms with E-state index in [1.807, 2.05) is 30.3 Å². The summed E-state index contributed by atoms with van der Waals surface area (Å²) in [6.45, 7) is 0. The maximum absolute atomic E-state index is 11.4. The first-order valence-electron chi connectivity index (χ1n) is 8.77. The Morgan fingerprint density at radius 1 is 0.773 bits per heavy atom. The number of hydrogen-bond donors (Lipinski definition) is 3. The van der Waals surface area contributed by atoms with Crippen molar-refractivity contribution in [1.29, 1.82) is 0 Å². The third-order valence-corrected chi connectivity index (χ3v) is 10.3. The molecular formula is C18H29O3P. The Morgan fingerprint density at radius 3 is 1.91 bits per heavy atom. The minimum atomic E-state index is -4.79. The first kappa shape index (κ1) is 16.4. The van der Waals surface area contributed by atoms with Crippen LogP contribution in [-0.2, 0) is 5.16 Å². The molecule has 0 amide bonds. The fourth-order valence-corrected chi connectivity index (χ4v) is 8.59. The second-order valence-corrected chi connectivity index (χ2v) is 11.0. The molecule has 0 heterocycles. The van der Waals surface area contributed by atoms with Crippen molar-refractivity contribution in [1.82, 2.24) is 0 Å². The predicted molar refractivity (Wildman–Crippen MR) is 91.7 cm³/mol. The number of rotatable bonds is 3. The Hall–Kier alpha value is -0.470. The predicted octanol–water partition coefficient (Wildman–Crippen LogP) is 4.45. The van der Waals surface area contributed by atoms with Gasteiger partial charge in [0.25, 0.3) is 0 Å². The van der Waals surface area contributed by atoms with Gasteiger partial charge < -0.3 is 0 Å². The molecule has 0 radical (unpaired) electrons. The second-order valence-electron chi connectivity index (χ2n) is 7.29. The van der Waals surface area contributed by atoms with E-state index in [4.69, 9.17) is 0 Å². The monoisotopic (exact) mass is 324 g/mol. The molecule has 0 unspecified atom stereocenters. The van der Waals surface area contributed by atoms with E-state index < -0.39 is 12.4 Å². The van der Waals surface area contributed by atoms with Crippen LogP contribution in [0.2, 0.25) is 0 Å². The van der Waals surface area contributed by atoms with E-state index in [0.717, 1.165) is 56.9 Å². The average molecular weight is 324 g/mol. The van der Waals surface area contributed by atoms with Crippen LogP contribution < -0.4 is 0 Å². The Morgan fingerprint density at radius 2 is 1.32 bits per heavy atom. The van der Waals surface area contributed by atoms with Gasteiger partial charge in [-0.15, -0.1) is 0 Å². The molecule has 2 aliphatic carbocycles. The fourth-order valence-electron chi connectivity index (χ4n) is 4.76. The van der Waals surface area contributed by atoms with Gasteiger partial charge in [0, 0.05) is 0 Å². The summed E-state index contributed by atoms with van der Waals surface area (Å²) in [5, 5.41) is -0.840. The van der Waals surface area contributed by atoms with Crippen LogP contribution >= 0.6 is 7.28 Å². The van der Waals surface area contributed by atoms with Crippen LogP contribution in [0.25, 0.3) is 0 Å². The third kappa shape index (κ3) is 2.53. The van der Waals surface area contributed by atoms with E-state index >= 15 is 0 Å². The zero-order valence-electron chi connectivity index (χ0n) is 13.3. The molecule has 0 saturated heterocycles. The summed E-state index contributed by atoms with van der Waals surface area (Å²) in [6, 6.07) is 9.77. The van der Waals surface area contributed by atoms with Crippen LogP contribution in [0.1, 0.15) is 69.8 Å². The molecule has 2 aliphatic rings. The zero-order chi connectivity index (χ0) is 15.7. The van der Waals surface area contributed by atoms with Gasteiger partial charge in [0.05, 0.1) is 0 Å². The molecule has 3 nitrogen and oxygen atoms in total. The molecule has 0 aliphatic heterocycles. The van der Waals surface area contributed by atoms with Crippen molar-refractivity contribution in [3.8, 4) is 0 Å². The topological polar surface area (TPSA) is 60.7 Å². The van der Waals surface area contributed by atoms with Crippen LogP contribution in [0.4, 0.5) is 0 Å².